The second kappa shape index (κ2) is 8.29. The first-order valence-electron chi connectivity index (χ1n) is 13.9. The molecule has 4 heterocycles. The number of phenols is 1. The molecule has 1 saturated carbocycles. The van der Waals surface area contributed by atoms with Crippen LogP contribution in [0.25, 0.3) is 6.08 Å². The minimum atomic E-state index is -1.30. The van der Waals surface area contributed by atoms with Crippen LogP contribution in [0.1, 0.15) is 50.0 Å². The van der Waals surface area contributed by atoms with Gasteiger partial charge in [-0.3, -0.25) is 14.5 Å². The fraction of sp³-hybridized carbons (Fsp3) is 0.548. The first kappa shape index (κ1) is 25.1. The molecule has 1 aromatic carbocycles. The number of fused-ring (bicyclic) bond motifs is 2. The van der Waals surface area contributed by atoms with Crippen molar-refractivity contribution in [3.63, 3.8) is 0 Å². The molecule has 8 heteroatoms. The number of morpholine rings is 1. The lowest BCUT2D eigenvalue weighted by Crippen LogP contribution is -2.74. The van der Waals surface area contributed by atoms with Gasteiger partial charge >= 0.3 is 0 Å². The number of ether oxygens (including phenoxy) is 4. The Morgan fingerprint density at radius 3 is 2.67 bits per heavy atom. The number of hydrogen-bond donors (Lipinski definition) is 1. The van der Waals surface area contributed by atoms with Gasteiger partial charge in [-0.05, 0) is 45.8 Å². The fourth-order valence-electron chi connectivity index (χ4n) is 7.60. The molecule has 3 fully saturated rings. The van der Waals surface area contributed by atoms with E-state index < -0.39 is 22.7 Å². The predicted molar refractivity (Wildman–Crippen MR) is 143 cm³/mol. The summed E-state index contributed by atoms with van der Waals surface area (Å²) in [6, 6.07) is 1.70. The Morgan fingerprint density at radius 2 is 1.92 bits per heavy atom. The molecule has 7 aliphatic rings. The standard InChI is InChI=1S/C31H35NO7/c1-17(2)5-8-30-28(35)19-13-21-27(34)25-24(14-23-18(26(25)33)6-7-29(3,4)38-23)39-31(21,30)22(16-37-30)20(19)15-32-9-11-36-12-10-32/h5-7,13-14,19-20,22,33H,8-12,15-16H2,1-4H3/t19-,20+,22-,30?,31-/m1/s1. The Morgan fingerprint density at radius 1 is 1.15 bits per heavy atom. The molecule has 3 aliphatic carbocycles. The van der Waals surface area contributed by atoms with Gasteiger partial charge in [0.25, 0.3) is 0 Å². The quantitative estimate of drug-likeness (QED) is 0.586. The van der Waals surface area contributed by atoms with Crippen LogP contribution in [-0.2, 0) is 14.3 Å². The third kappa shape index (κ3) is 3.28. The second-order valence-electron chi connectivity index (χ2n) is 12.5. The van der Waals surface area contributed by atoms with Crippen molar-refractivity contribution in [3.8, 4) is 17.2 Å². The number of hydrogen-bond acceptors (Lipinski definition) is 8. The van der Waals surface area contributed by atoms with Crippen molar-refractivity contribution < 1.29 is 33.6 Å². The summed E-state index contributed by atoms with van der Waals surface area (Å²) in [7, 11) is 0. The monoisotopic (exact) mass is 533 g/mol. The lowest BCUT2D eigenvalue weighted by Gasteiger charge is -2.58. The molecule has 1 spiro atoms. The molecule has 206 valence electrons. The zero-order chi connectivity index (χ0) is 27.3. The van der Waals surface area contributed by atoms with E-state index in [2.05, 4.69) is 4.90 Å². The van der Waals surface area contributed by atoms with Crippen molar-refractivity contribution in [2.45, 2.75) is 50.9 Å². The lowest BCUT2D eigenvalue weighted by atomic mass is 9.49. The molecule has 1 unspecified atom stereocenters. The molecule has 8 nitrogen and oxygen atoms in total. The van der Waals surface area contributed by atoms with E-state index in [-0.39, 0.29) is 40.5 Å². The van der Waals surface area contributed by atoms with E-state index >= 15 is 0 Å². The molecule has 4 aliphatic heterocycles. The van der Waals surface area contributed by atoms with E-state index in [4.69, 9.17) is 18.9 Å². The summed E-state index contributed by atoms with van der Waals surface area (Å²) in [6.07, 6.45) is 7.82. The van der Waals surface area contributed by atoms with Crippen LogP contribution in [-0.4, -0.2) is 77.8 Å². The Labute approximate surface area is 228 Å². The first-order chi connectivity index (χ1) is 18.6. The van der Waals surface area contributed by atoms with E-state index in [9.17, 15) is 14.7 Å². The number of aromatic hydroxyl groups is 1. The van der Waals surface area contributed by atoms with Crippen LogP contribution in [0.3, 0.4) is 0 Å². The SMILES string of the molecule is CC(C)=CCC12OC[C@@H]3[C@@H](CN4CCOCC4)[C@@H](C=C4C(=O)c5c(cc6c(c5O)C=CC(C)(C)O6)O[C@]431)C2=O. The summed E-state index contributed by atoms with van der Waals surface area (Å²) >= 11 is 0. The summed E-state index contributed by atoms with van der Waals surface area (Å²) in [5, 5.41) is 11.3. The van der Waals surface area contributed by atoms with Crippen molar-refractivity contribution in [1.29, 1.82) is 0 Å². The molecular weight excluding hydrogens is 498 g/mol. The topological polar surface area (TPSA) is 94.5 Å². The maximum atomic E-state index is 14.4. The van der Waals surface area contributed by atoms with Crippen LogP contribution < -0.4 is 9.47 Å². The van der Waals surface area contributed by atoms with E-state index in [1.807, 2.05) is 45.9 Å². The summed E-state index contributed by atoms with van der Waals surface area (Å²) in [4.78, 5) is 31.0. The maximum absolute atomic E-state index is 14.4. The minimum absolute atomic E-state index is 0.0190. The number of benzene rings is 1. The molecule has 8 rings (SSSR count). The lowest BCUT2D eigenvalue weighted by molar-refractivity contribution is -0.171. The normalized spacial score (nSPS) is 35.4. The Hall–Kier alpha value is -2.94. The molecule has 2 saturated heterocycles. The van der Waals surface area contributed by atoms with Gasteiger partial charge in [0.05, 0.1) is 25.4 Å². The highest BCUT2D eigenvalue weighted by molar-refractivity contribution is 6.18. The van der Waals surface area contributed by atoms with Gasteiger partial charge in [0.1, 0.15) is 28.4 Å². The number of allylic oxidation sites excluding steroid dienone is 2. The Kier molecular flexibility index (Phi) is 5.32. The third-order valence-corrected chi connectivity index (χ3v) is 9.46. The van der Waals surface area contributed by atoms with E-state index in [1.54, 1.807) is 12.1 Å². The summed E-state index contributed by atoms with van der Waals surface area (Å²) in [5.41, 5.74) is -1.06. The average Bonchev–Trinajstić information content (AvgIpc) is 3.17. The van der Waals surface area contributed by atoms with Gasteiger partial charge < -0.3 is 24.1 Å². The Balaban J connectivity index is 1.40. The Bertz CT molecular complexity index is 1380. The van der Waals surface area contributed by atoms with Crippen molar-refractivity contribution in [2.75, 3.05) is 39.5 Å². The van der Waals surface area contributed by atoms with Crippen LogP contribution >= 0.6 is 0 Å². The molecule has 5 atom stereocenters. The van der Waals surface area contributed by atoms with Crippen LogP contribution in [0.5, 0.6) is 17.2 Å². The highest BCUT2D eigenvalue weighted by Crippen LogP contribution is 2.65. The van der Waals surface area contributed by atoms with Gasteiger partial charge in [0.15, 0.2) is 22.8 Å². The van der Waals surface area contributed by atoms with E-state index in [0.29, 0.717) is 49.7 Å². The van der Waals surface area contributed by atoms with Gasteiger partial charge in [0.2, 0.25) is 0 Å². The molecule has 0 aromatic heterocycles. The van der Waals surface area contributed by atoms with Gasteiger partial charge in [-0.1, -0.05) is 17.7 Å². The number of carbonyl (C=O) groups is 2. The summed E-state index contributed by atoms with van der Waals surface area (Å²) < 4.78 is 25.2. The van der Waals surface area contributed by atoms with E-state index in [1.165, 1.54) is 0 Å². The zero-order valence-corrected chi connectivity index (χ0v) is 22.9. The van der Waals surface area contributed by atoms with Crippen molar-refractivity contribution >= 4 is 17.6 Å². The maximum Gasteiger partial charge on any atom is 0.200 e. The second-order valence-corrected chi connectivity index (χ2v) is 12.5. The molecule has 0 radical (unpaired) electrons. The molecule has 0 amide bonds. The molecule has 1 N–H and O–H groups in total. The number of rotatable bonds is 4. The van der Waals surface area contributed by atoms with Crippen LogP contribution in [0.15, 0.2) is 35.4 Å². The predicted octanol–water partition coefficient (Wildman–Crippen LogP) is 3.72. The molecule has 1 aromatic rings. The van der Waals surface area contributed by atoms with Crippen LogP contribution in [0.2, 0.25) is 0 Å². The minimum Gasteiger partial charge on any atom is -0.506 e. The van der Waals surface area contributed by atoms with Gasteiger partial charge in [-0.2, -0.15) is 0 Å². The van der Waals surface area contributed by atoms with Crippen molar-refractivity contribution in [3.05, 3.63) is 46.6 Å². The van der Waals surface area contributed by atoms with Gasteiger partial charge in [0, 0.05) is 49.5 Å². The zero-order valence-electron chi connectivity index (χ0n) is 22.9. The average molecular weight is 534 g/mol. The van der Waals surface area contributed by atoms with Crippen LogP contribution in [0, 0.1) is 17.8 Å². The summed E-state index contributed by atoms with van der Waals surface area (Å²) in [6.45, 7) is 11.8. The molecule has 39 heavy (non-hydrogen) atoms. The number of ketones is 2. The molecular formula is C31H35NO7. The van der Waals surface area contributed by atoms with E-state index in [0.717, 1.165) is 18.7 Å². The van der Waals surface area contributed by atoms with Gasteiger partial charge in [-0.15, -0.1) is 0 Å². The number of phenolic OH excluding ortho intramolecular Hbond substituents is 1. The smallest absolute Gasteiger partial charge is 0.200 e. The number of nitrogens with zero attached hydrogens (tertiary/aromatic N) is 1. The third-order valence-electron chi connectivity index (χ3n) is 9.46. The molecule has 4 bridgehead atoms. The number of carbonyl (C=O) groups excluding carboxylic acids is 2. The summed E-state index contributed by atoms with van der Waals surface area (Å²) in [5.74, 6) is -0.484. The number of Topliss-reactive ketones (excluding diaryl/α,β-unsaturated/α-hetero) is 2. The first-order valence-corrected chi connectivity index (χ1v) is 13.9. The van der Waals surface area contributed by atoms with Crippen molar-refractivity contribution in [2.24, 2.45) is 17.8 Å². The largest absolute Gasteiger partial charge is 0.506 e. The van der Waals surface area contributed by atoms with Gasteiger partial charge in [-0.25, -0.2) is 0 Å². The van der Waals surface area contributed by atoms with Crippen molar-refractivity contribution in [1.82, 2.24) is 4.90 Å². The van der Waals surface area contributed by atoms with Crippen LogP contribution in [0.4, 0.5) is 0 Å². The highest BCUT2D eigenvalue weighted by atomic mass is 16.6. The fourth-order valence-corrected chi connectivity index (χ4v) is 7.60. The highest BCUT2D eigenvalue weighted by Gasteiger charge is 2.79.